The molecule has 1 aliphatic rings. The summed E-state index contributed by atoms with van der Waals surface area (Å²) in [6.07, 6.45) is 1.07. The molecule has 18 heavy (non-hydrogen) atoms. The van der Waals surface area contributed by atoms with Gasteiger partial charge in [0.1, 0.15) is 5.75 Å². The van der Waals surface area contributed by atoms with Gasteiger partial charge in [-0.25, -0.2) is 0 Å². The van der Waals surface area contributed by atoms with Gasteiger partial charge in [-0.05, 0) is 31.5 Å². The third kappa shape index (κ3) is 3.09. The number of carbonyl (C=O) groups excluding carboxylic acids is 1. The summed E-state index contributed by atoms with van der Waals surface area (Å²) in [5.74, 6) is 0.794. The van der Waals surface area contributed by atoms with E-state index >= 15 is 0 Å². The van der Waals surface area contributed by atoms with Gasteiger partial charge in [0.25, 0.3) is 0 Å². The first-order chi connectivity index (χ1) is 8.70. The fourth-order valence-corrected chi connectivity index (χ4v) is 1.96. The molecule has 1 aromatic rings. The number of benzene rings is 1. The summed E-state index contributed by atoms with van der Waals surface area (Å²) >= 11 is 0. The number of hydrogen-bond acceptors (Lipinski definition) is 4. The van der Waals surface area contributed by atoms with Crippen LogP contribution in [0.4, 0.5) is 0 Å². The van der Waals surface area contributed by atoms with Crippen molar-refractivity contribution < 1.29 is 19.0 Å². The van der Waals surface area contributed by atoms with Gasteiger partial charge in [0.2, 0.25) is 0 Å². The second-order valence-corrected chi connectivity index (χ2v) is 4.38. The topological polar surface area (TPSA) is 44.8 Å². The molecular formula is C14H18O4. The lowest BCUT2D eigenvalue weighted by Gasteiger charge is -2.13. The number of carbonyl (C=O) groups is 1. The minimum atomic E-state index is 0.0445. The zero-order valence-electron chi connectivity index (χ0n) is 10.8. The Morgan fingerprint density at radius 3 is 2.94 bits per heavy atom. The van der Waals surface area contributed by atoms with Crippen molar-refractivity contribution in [3.8, 4) is 5.75 Å². The Balaban J connectivity index is 2.08. The fraction of sp³-hybridized carbons (Fsp3) is 0.500. The fourth-order valence-electron chi connectivity index (χ4n) is 1.96. The van der Waals surface area contributed by atoms with Crippen molar-refractivity contribution in [2.24, 2.45) is 0 Å². The SMILES string of the molecule is COc1ccc(C(C)=O)cc1COC1CCOC1. The Kier molecular flexibility index (Phi) is 4.33. The molecule has 1 unspecified atom stereocenters. The molecule has 1 heterocycles. The first-order valence-corrected chi connectivity index (χ1v) is 6.08. The number of ketones is 1. The second kappa shape index (κ2) is 5.98. The molecule has 0 saturated carbocycles. The molecule has 98 valence electrons. The first-order valence-electron chi connectivity index (χ1n) is 6.08. The first kappa shape index (κ1) is 13.1. The molecule has 0 bridgehead atoms. The third-order valence-corrected chi connectivity index (χ3v) is 3.05. The van der Waals surface area contributed by atoms with E-state index in [9.17, 15) is 4.79 Å². The Hall–Kier alpha value is -1.39. The minimum Gasteiger partial charge on any atom is -0.496 e. The van der Waals surface area contributed by atoms with Crippen LogP contribution in [0, 0.1) is 0 Å². The van der Waals surface area contributed by atoms with E-state index in [-0.39, 0.29) is 11.9 Å². The van der Waals surface area contributed by atoms with Gasteiger partial charge in [0.15, 0.2) is 5.78 Å². The van der Waals surface area contributed by atoms with Crippen LogP contribution in [-0.2, 0) is 16.1 Å². The van der Waals surface area contributed by atoms with E-state index in [0.717, 1.165) is 24.3 Å². The van der Waals surface area contributed by atoms with Crippen LogP contribution >= 0.6 is 0 Å². The summed E-state index contributed by atoms with van der Waals surface area (Å²) in [5.41, 5.74) is 1.58. The number of hydrogen-bond donors (Lipinski definition) is 0. The molecule has 0 aliphatic carbocycles. The molecule has 2 rings (SSSR count). The van der Waals surface area contributed by atoms with E-state index in [1.807, 2.05) is 6.07 Å². The van der Waals surface area contributed by atoms with Gasteiger partial charge >= 0.3 is 0 Å². The van der Waals surface area contributed by atoms with Crippen LogP contribution in [0.2, 0.25) is 0 Å². The van der Waals surface area contributed by atoms with E-state index < -0.39 is 0 Å². The molecule has 1 aromatic carbocycles. The summed E-state index contributed by atoms with van der Waals surface area (Å²) in [5, 5.41) is 0. The monoisotopic (exact) mass is 250 g/mol. The number of rotatable bonds is 5. The maximum atomic E-state index is 11.4. The minimum absolute atomic E-state index is 0.0445. The van der Waals surface area contributed by atoms with Gasteiger partial charge < -0.3 is 14.2 Å². The predicted molar refractivity (Wildman–Crippen MR) is 67.0 cm³/mol. The van der Waals surface area contributed by atoms with Crippen molar-refractivity contribution in [2.45, 2.75) is 26.1 Å². The van der Waals surface area contributed by atoms with Crippen LogP contribution in [-0.4, -0.2) is 32.2 Å². The quantitative estimate of drug-likeness (QED) is 0.751. The zero-order chi connectivity index (χ0) is 13.0. The standard InChI is InChI=1S/C14H18O4/c1-10(15)11-3-4-14(16-2)12(7-11)8-18-13-5-6-17-9-13/h3-4,7,13H,5-6,8-9H2,1-2H3. The highest BCUT2D eigenvalue weighted by atomic mass is 16.5. The van der Waals surface area contributed by atoms with E-state index in [0.29, 0.717) is 18.8 Å². The molecular weight excluding hydrogens is 232 g/mol. The molecule has 0 radical (unpaired) electrons. The Bertz CT molecular complexity index is 422. The molecule has 1 fully saturated rings. The van der Waals surface area contributed by atoms with Crippen molar-refractivity contribution in [1.29, 1.82) is 0 Å². The van der Waals surface area contributed by atoms with Gasteiger partial charge in [-0.1, -0.05) is 0 Å². The third-order valence-electron chi connectivity index (χ3n) is 3.05. The molecule has 4 heteroatoms. The smallest absolute Gasteiger partial charge is 0.159 e. The molecule has 1 aliphatic heterocycles. The maximum Gasteiger partial charge on any atom is 0.159 e. The van der Waals surface area contributed by atoms with Crippen LogP contribution in [0.5, 0.6) is 5.75 Å². The largest absolute Gasteiger partial charge is 0.496 e. The molecule has 1 atom stereocenters. The summed E-state index contributed by atoms with van der Waals surface area (Å²) in [6.45, 7) is 3.40. The van der Waals surface area contributed by atoms with Crippen LogP contribution in [0.3, 0.4) is 0 Å². The number of Topliss-reactive ketones (excluding diaryl/α,β-unsaturated/α-hetero) is 1. The summed E-state index contributed by atoms with van der Waals surface area (Å²) in [6, 6.07) is 5.40. The van der Waals surface area contributed by atoms with Gasteiger partial charge in [0, 0.05) is 17.7 Å². The van der Waals surface area contributed by atoms with Gasteiger partial charge in [-0.2, -0.15) is 0 Å². The van der Waals surface area contributed by atoms with E-state index in [2.05, 4.69) is 0 Å². The molecule has 1 saturated heterocycles. The van der Waals surface area contributed by atoms with E-state index in [1.165, 1.54) is 0 Å². The lowest BCUT2D eigenvalue weighted by molar-refractivity contribution is 0.0308. The van der Waals surface area contributed by atoms with Gasteiger partial charge in [-0.15, -0.1) is 0 Å². The van der Waals surface area contributed by atoms with E-state index in [4.69, 9.17) is 14.2 Å². The second-order valence-electron chi connectivity index (χ2n) is 4.38. The molecule has 0 amide bonds. The average molecular weight is 250 g/mol. The maximum absolute atomic E-state index is 11.4. The molecule has 0 N–H and O–H groups in total. The summed E-state index contributed by atoms with van der Waals surface area (Å²) in [7, 11) is 1.62. The Morgan fingerprint density at radius 2 is 2.33 bits per heavy atom. The molecule has 0 aromatic heterocycles. The number of methoxy groups -OCH3 is 1. The zero-order valence-corrected chi connectivity index (χ0v) is 10.8. The highest BCUT2D eigenvalue weighted by molar-refractivity contribution is 5.94. The van der Waals surface area contributed by atoms with Crippen LogP contribution in [0.1, 0.15) is 29.3 Å². The van der Waals surface area contributed by atoms with Gasteiger partial charge in [-0.3, -0.25) is 4.79 Å². The van der Waals surface area contributed by atoms with Crippen molar-refractivity contribution >= 4 is 5.78 Å². The summed E-state index contributed by atoms with van der Waals surface area (Å²) < 4.78 is 16.3. The van der Waals surface area contributed by atoms with Crippen molar-refractivity contribution in [3.05, 3.63) is 29.3 Å². The molecule has 4 nitrogen and oxygen atoms in total. The van der Waals surface area contributed by atoms with E-state index in [1.54, 1.807) is 26.2 Å². The average Bonchev–Trinajstić information content (AvgIpc) is 2.89. The lowest BCUT2D eigenvalue weighted by atomic mass is 10.1. The highest BCUT2D eigenvalue weighted by Crippen LogP contribution is 2.22. The van der Waals surface area contributed by atoms with Crippen LogP contribution in [0.15, 0.2) is 18.2 Å². The lowest BCUT2D eigenvalue weighted by Crippen LogP contribution is -2.12. The number of ether oxygens (including phenoxy) is 3. The molecule has 0 spiro atoms. The van der Waals surface area contributed by atoms with Crippen LogP contribution in [0.25, 0.3) is 0 Å². The van der Waals surface area contributed by atoms with Gasteiger partial charge in [0.05, 0.1) is 26.4 Å². The Labute approximate surface area is 107 Å². The van der Waals surface area contributed by atoms with Crippen molar-refractivity contribution in [1.82, 2.24) is 0 Å². The van der Waals surface area contributed by atoms with Crippen molar-refractivity contribution in [3.63, 3.8) is 0 Å². The van der Waals surface area contributed by atoms with Crippen LogP contribution < -0.4 is 4.74 Å². The Morgan fingerprint density at radius 1 is 1.50 bits per heavy atom. The van der Waals surface area contributed by atoms with Crippen molar-refractivity contribution in [2.75, 3.05) is 20.3 Å². The predicted octanol–water partition coefficient (Wildman–Crippen LogP) is 2.20. The highest BCUT2D eigenvalue weighted by Gasteiger charge is 2.17. The summed E-state index contributed by atoms with van der Waals surface area (Å²) in [4.78, 5) is 11.4. The normalized spacial score (nSPS) is 18.9.